The number of hydrogen-bond acceptors (Lipinski definition) is 6. The highest BCUT2D eigenvalue weighted by Crippen LogP contribution is 2.32. The van der Waals surface area contributed by atoms with E-state index in [1.807, 2.05) is 11.8 Å². The lowest BCUT2D eigenvalue weighted by molar-refractivity contribution is -0.384. The fourth-order valence-corrected chi connectivity index (χ4v) is 2.56. The highest BCUT2D eigenvalue weighted by molar-refractivity contribution is 5.87. The summed E-state index contributed by atoms with van der Waals surface area (Å²) in [5, 5.41) is 21.3. The molecule has 0 spiro atoms. The third-order valence-corrected chi connectivity index (χ3v) is 4.07. The van der Waals surface area contributed by atoms with E-state index < -0.39 is 17.0 Å². The number of ether oxygens (including phenoxy) is 1. The Hall–Kier alpha value is -2.41. The number of carbonyl (C=O) groups is 1. The zero-order chi connectivity index (χ0) is 17.0. The molecule has 7 heteroatoms. The zero-order valence-electron chi connectivity index (χ0n) is 13.1. The van der Waals surface area contributed by atoms with E-state index in [0.29, 0.717) is 24.3 Å². The average Bonchev–Trinajstić information content (AvgIpc) is 2.54. The summed E-state index contributed by atoms with van der Waals surface area (Å²) in [5.74, 6) is -0.336. The summed E-state index contributed by atoms with van der Waals surface area (Å²) < 4.78 is 4.49. The molecule has 0 aliphatic carbocycles. The van der Waals surface area contributed by atoms with Crippen LogP contribution in [0.25, 0.3) is 6.08 Å². The van der Waals surface area contributed by atoms with Gasteiger partial charge in [0.1, 0.15) is 5.69 Å². The summed E-state index contributed by atoms with van der Waals surface area (Å²) in [6.07, 6.45) is 2.96. The first kappa shape index (κ1) is 17.0. The van der Waals surface area contributed by atoms with E-state index in [1.54, 1.807) is 12.1 Å². The van der Waals surface area contributed by atoms with Gasteiger partial charge in [-0.1, -0.05) is 13.0 Å². The first-order valence-electron chi connectivity index (χ1n) is 7.40. The second-order valence-electron chi connectivity index (χ2n) is 5.64. The van der Waals surface area contributed by atoms with Crippen LogP contribution in [-0.4, -0.2) is 42.3 Å². The number of carbonyl (C=O) groups excluding carboxylic acids is 1. The van der Waals surface area contributed by atoms with Crippen molar-refractivity contribution in [2.24, 2.45) is 5.92 Å². The van der Waals surface area contributed by atoms with Crippen LogP contribution in [0.1, 0.15) is 18.9 Å². The number of nitro groups is 1. The van der Waals surface area contributed by atoms with Gasteiger partial charge in [0, 0.05) is 25.2 Å². The normalized spacial score (nSPS) is 21.4. The summed E-state index contributed by atoms with van der Waals surface area (Å²) in [7, 11) is 1.26. The summed E-state index contributed by atoms with van der Waals surface area (Å²) in [6, 6.07) is 4.77. The Morgan fingerprint density at radius 2 is 2.26 bits per heavy atom. The van der Waals surface area contributed by atoms with Crippen molar-refractivity contribution in [1.82, 2.24) is 0 Å². The predicted octanol–water partition coefficient (Wildman–Crippen LogP) is 1.99. The Balaban J connectivity index is 2.28. The Labute approximate surface area is 134 Å². The molecule has 1 aliphatic rings. The standard InChI is InChI=1S/C16H20N2O5/c1-11-7-8-17(10-15(11)19)13-5-3-12(4-6-16(20)23-2)9-14(13)18(21)22/h3-6,9,11,15,19H,7-8,10H2,1-2H3/b6-4+. The van der Waals surface area contributed by atoms with E-state index in [-0.39, 0.29) is 11.6 Å². The van der Waals surface area contributed by atoms with Crippen LogP contribution in [0.5, 0.6) is 0 Å². The highest BCUT2D eigenvalue weighted by atomic mass is 16.6. The van der Waals surface area contributed by atoms with Crippen molar-refractivity contribution in [3.8, 4) is 0 Å². The maximum Gasteiger partial charge on any atom is 0.330 e. The molecule has 0 bridgehead atoms. The van der Waals surface area contributed by atoms with Crippen LogP contribution in [-0.2, 0) is 9.53 Å². The molecule has 7 nitrogen and oxygen atoms in total. The SMILES string of the molecule is COC(=O)/C=C/c1ccc(N2CCC(C)C(O)C2)c([N+](=O)[O-])c1. The molecular weight excluding hydrogens is 300 g/mol. The molecule has 1 N–H and O–H groups in total. The molecule has 0 radical (unpaired) electrons. The molecule has 1 aliphatic heterocycles. The van der Waals surface area contributed by atoms with Crippen LogP contribution in [0, 0.1) is 16.0 Å². The van der Waals surface area contributed by atoms with Gasteiger partial charge in [0.25, 0.3) is 5.69 Å². The van der Waals surface area contributed by atoms with E-state index in [2.05, 4.69) is 4.74 Å². The van der Waals surface area contributed by atoms with Crippen molar-refractivity contribution in [2.75, 3.05) is 25.1 Å². The van der Waals surface area contributed by atoms with Crippen LogP contribution in [0.3, 0.4) is 0 Å². The van der Waals surface area contributed by atoms with E-state index in [1.165, 1.54) is 25.3 Å². The second kappa shape index (κ2) is 7.23. The van der Waals surface area contributed by atoms with Crippen LogP contribution in [0.2, 0.25) is 0 Å². The summed E-state index contributed by atoms with van der Waals surface area (Å²) >= 11 is 0. The zero-order valence-corrected chi connectivity index (χ0v) is 13.1. The smallest absolute Gasteiger partial charge is 0.330 e. The Bertz CT molecular complexity index is 629. The Kier molecular flexibility index (Phi) is 5.33. The van der Waals surface area contributed by atoms with Gasteiger partial charge in [-0.25, -0.2) is 4.79 Å². The van der Waals surface area contributed by atoms with Gasteiger partial charge in [0.2, 0.25) is 0 Å². The van der Waals surface area contributed by atoms with Crippen LogP contribution in [0.15, 0.2) is 24.3 Å². The van der Waals surface area contributed by atoms with Gasteiger partial charge in [-0.3, -0.25) is 10.1 Å². The summed E-state index contributed by atoms with van der Waals surface area (Å²) in [5.41, 5.74) is 0.978. The predicted molar refractivity (Wildman–Crippen MR) is 86.1 cm³/mol. The minimum atomic E-state index is -0.523. The molecule has 0 saturated carbocycles. The first-order chi connectivity index (χ1) is 10.9. The van der Waals surface area contributed by atoms with Crippen LogP contribution >= 0.6 is 0 Å². The molecule has 0 aromatic heterocycles. The molecule has 23 heavy (non-hydrogen) atoms. The molecule has 2 unspecified atom stereocenters. The maximum absolute atomic E-state index is 11.4. The van der Waals surface area contributed by atoms with E-state index in [9.17, 15) is 20.0 Å². The maximum atomic E-state index is 11.4. The van der Waals surface area contributed by atoms with Gasteiger partial charge in [0.05, 0.1) is 18.1 Å². The molecule has 0 amide bonds. The molecular formula is C16H20N2O5. The van der Waals surface area contributed by atoms with Gasteiger partial charge in [0.15, 0.2) is 0 Å². The first-order valence-corrected chi connectivity index (χ1v) is 7.40. The number of aliphatic hydroxyl groups is 1. The van der Waals surface area contributed by atoms with Crippen molar-refractivity contribution in [3.63, 3.8) is 0 Å². The molecule has 1 fully saturated rings. The number of esters is 1. The van der Waals surface area contributed by atoms with Crippen molar-refractivity contribution in [3.05, 3.63) is 40.0 Å². The van der Waals surface area contributed by atoms with E-state index in [4.69, 9.17) is 0 Å². The van der Waals surface area contributed by atoms with Gasteiger partial charge in [-0.15, -0.1) is 0 Å². The minimum absolute atomic E-state index is 0.0428. The van der Waals surface area contributed by atoms with Crippen LogP contribution < -0.4 is 4.90 Å². The van der Waals surface area contributed by atoms with E-state index in [0.717, 1.165) is 6.42 Å². The molecule has 124 valence electrons. The van der Waals surface area contributed by atoms with Gasteiger partial charge in [-0.2, -0.15) is 0 Å². The molecule has 1 saturated heterocycles. The van der Waals surface area contributed by atoms with Crippen molar-refractivity contribution < 1.29 is 19.6 Å². The second-order valence-corrected chi connectivity index (χ2v) is 5.64. The third kappa shape index (κ3) is 4.07. The number of benzene rings is 1. The summed E-state index contributed by atoms with van der Waals surface area (Å²) in [4.78, 5) is 23.8. The minimum Gasteiger partial charge on any atom is -0.466 e. The fourth-order valence-electron chi connectivity index (χ4n) is 2.56. The van der Waals surface area contributed by atoms with Gasteiger partial charge < -0.3 is 14.7 Å². The number of nitrogens with zero attached hydrogens (tertiary/aromatic N) is 2. The lowest BCUT2D eigenvalue weighted by Gasteiger charge is -2.35. The number of methoxy groups -OCH3 is 1. The largest absolute Gasteiger partial charge is 0.466 e. The Morgan fingerprint density at radius 1 is 1.52 bits per heavy atom. The quantitative estimate of drug-likeness (QED) is 0.395. The number of nitro benzene ring substituents is 1. The average molecular weight is 320 g/mol. The van der Waals surface area contributed by atoms with Crippen molar-refractivity contribution >= 4 is 23.4 Å². The molecule has 1 aromatic carbocycles. The topological polar surface area (TPSA) is 92.9 Å². The lowest BCUT2D eigenvalue weighted by Crippen LogP contribution is -2.43. The van der Waals surface area contributed by atoms with E-state index >= 15 is 0 Å². The number of aliphatic hydroxyl groups excluding tert-OH is 1. The van der Waals surface area contributed by atoms with Crippen molar-refractivity contribution in [2.45, 2.75) is 19.4 Å². The van der Waals surface area contributed by atoms with Crippen molar-refractivity contribution in [1.29, 1.82) is 0 Å². The number of β-amino-alcohol motifs (C(OH)–C–C–N with tert-alkyl or cyclic N) is 1. The fraction of sp³-hybridized carbons (Fsp3) is 0.438. The lowest BCUT2D eigenvalue weighted by atomic mass is 9.95. The number of piperidine rings is 1. The number of anilines is 1. The van der Waals surface area contributed by atoms with Gasteiger partial charge in [-0.05, 0) is 30.0 Å². The molecule has 2 atom stereocenters. The third-order valence-electron chi connectivity index (χ3n) is 4.07. The van der Waals surface area contributed by atoms with Gasteiger partial charge >= 0.3 is 5.97 Å². The number of rotatable bonds is 4. The molecule has 1 heterocycles. The molecule has 1 aromatic rings. The number of hydrogen-bond donors (Lipinski definition) is 1. The molecule has 2 rings (SSSR count). The Morgan fingerprint density at radius 3 is 2.87 bits per heavy atom. The summed E-state index contributed by atoms with van der Waals surface area (Å²) in [6.45, 7) is 3.01. The van der Waals surface area contributed by atoms with Crippen LogP contribution in [0.4, 0.5) is 11.4 Å². The highest BCUT2D eigenvalue weighted by Gasteiger charge is 2.28. The monoisotopic (exact) mass is 320 g/mol.